The van der Waals surface area contributed by atoms with Gasteiger partial charge in [0.05, 0.1) is 5.92 Å². The third-order valence-corrected chi connectivity index (χ3v) is 6.82. The highest BCUT2D eigenvalue weighted by Crippen LogP contribution is 2.35. The molecular formula is C21H24BrNO2S. The molecule has 0 aliphatic carbocycles. The summed E-state index contributed by atoms with van der Waals surface area (Å²) in [6.45, 7) is 4.72. The number of halogens is 1. The van der Waals surface area contributed by atoms with Crippen molar-refractivity contribution in [2.45, 2.75) is 26.2 Å². The van der Waals surface area contributed by atoms with Crippen LogP contribution in [0.2, 0.25) is 0 Å². The van der Waals surface area contributed by atoms with Gasteiger partial charge in [-0.15, -0.1) is 11.3 Å². The Morgan fingerprint density at radius 1 is 1.38 bits per heavy atom. The average Bonchev–Trinajstić information content (AvgIpc) is 3.06. The van der Waals surface area contributed by atoms with Crippen LogP contribution in [0.3, 0.4) is 0 Å². The summed E-state index contributed by atoms with van der Waals surface area (Å²) in [7, 11) is 0. The molecule has 1 aliphatic rings. The van der Waals surface area contributed by atoms with Crippen molar-refractivity contribution in [1.82, 2.24) is 4.90 Å². The molecule has 138 valence electrons. The number of carbonyl (C=O) groups is 1. The fraction of sp³-hybridized carbons (Fsp3) is 0.381. The zero-order chi connectivity index (χ0) is 18.5. The lowest BCUT2D eigenvalue weighted by atomic mass is 9.97. The van der Waals surface area contributed by atoms with Gasteiger partial charge in [-0.25, -0.2) is 0 Å². The molecule has 26 heavy (non-hydrogen) atoms. The molecule has 0 saturated carbocycles. The van der Waals surface area contributed by atoms with Crippen molar-refractivity contribution in [3.05, 3.63) is 62.3 Å². The van der Waals surface area contributed by atoms with Crippen molar-refractivity contribution in [2.75, 3.05) is 19.6 Å². The summed E-state index contributed by atoms with van der Waals surface area (Å²) in [5.74, 6) is -0.872. The largest absolute Gasteiger partial charge is 0.481 e. The van der Waals surface area contributed by atoms with E-state index >= 15 is 0 Å². The number of rotatable bonds is 6. The Morgan fingerprint density at radius 3 is 2.88 bits per heavy atom. The van der Waals surface area contributed by atoms with Crippen molar-refractivity contribution in [1.29, 1.82) is 0 Å². The molecule has 0 radical (unpaired) electrons. The molecule has 3 rings (SSSR count). The number of carboxylic acid groups (broad SMARTS) is 1. The normalized spacial score (nSPS) is 18.8. The summed E-state index contributed by atoms with van der Waals surface area (Å²) in [4.78, 5) is 14.8. The number of carboxylic acids is 1. The van der Waals surface area contributed by atoms with Crippen LogP contribution in [0.15, 0.2) is 46.3 Å². The molecule has 1 N–H and O–H groups in total. The zero-order valence-electron chi connectivity index (χ0n) is 15.0. The number of thiophene rings is 1. The molecule has 1 aromatic carbocycles. The van der Waals surface area contributed by atoms with Gasteiger partial charge >= 0.3 is 5.97 Å². The van der Waals surface area contributed by atoms with Crippen LogP contribution in [0.4, 0.5) is 0 Å². The van der Waals surface area contributed by atoms with Crippen LogP contribution in [-0.4, -0.2) is 35.6 Å². The van der Waals surface area contributed by atoms with Crippen LogP contribution < -0.4 is 0 Å². The Kier molecular flexibility index (Phi) is 6.68. The first-order chi connectivity index (χ1) is 12.6. The third-order valence-electron chi connectivity index (χ3n) is 4.95. The van der Waals surface area contributed by atoms with Crippen LogP contribution >= 0.6 is 27.3 Å². The molecule has 2 heterocycles. The first-order valence-electron chi connectivity index (χ1n) is 9.01. The second-order valence-corrected chi connectivity index (χ2v) is 8.57. The minimum Gasteiger partial charge on any atom is -0.481 e. The number of aryl methyl sites for hydroxylation is 1. The first kappa shape index (κ1) is 19.3. The maximum Gasteiger partial charge on any atom is 0.307 e. The molecule has 0 bridgehead atoms. The number of aliphatic carboxylic acids is 1. The number of benzene rings is 1. The lowest BCUT2D eigenvalue weighted by Crippen LogP contribution is -2.39. The van der Waals surface area contributed by atoms with E-state index in [1.165, 1.54) is 21.6 Å². The lowest BCUT2D eigenvalue weighted by Gasteiger charge is -2.30. The van der Waals surface area contributed by atoms with Crippen molar-refractivity contribution in [3.8, 4) is 0 Å². The summed E-state index contributed by atoms with van der Waals surface area (Å²) >= 11 is 5.42. The molecule has 2 aromatic rings. The maximum absolute atomic E-state index is 11.3. The fourth-order valence-electron chi connectivity index (χ4n) is 3.54. The van der Waals surface area contributed by atoms with Crippen LogP contribution in [-0.2, 0) is 4.79 Å². The van der Waals surface area contributed by atoms with Crippen molar-refractivity contribution < 1.29 is 9.90 Å². The van der Waals surface area contributed by atoms with E-state index < -0.39 is 5.97 Å². The number of hydrogen-bond acceptors (Lipinski definition) is 3. The molecular weight excluding hydrogens is 410 g/mol. The maximum atomic E-state index is 11.3. The van der Waals surface area contributed by atoms with Gasteiger partial charge < -0.3 is 10.0 Å². The predicted octanol–water partition coefficient (Wildman–Crippen LogP) is 5.44. The molecule has 1 fully saturated rings. The molecule has 1 aromatic heterocycles. The second-order valence-electron chi connectivity index (χ2n) is 6.80. The van der Waals surface area contributed by atoms with Gasteiger partial charge in [0, 0.05) is 22.4 Å². The van der Waals surface area contributed by atoms with Gasteiger partial charge in [0.25, 0.3) is 0 Å². The van der Waals surface area contributed by atoms with Gasteiger partial charge in [-0.05, 0) is 76.8 Å². The van der Waals surface area contributed by atoms with Crippen LogP contribution in [0, 0.1) is 12.8 Å². The van der Waals surface area contributed by atoms with E-state index in [1.54, 1.807) is 11.3 Å². The summed E-state index contributed by atoms with van der Waals surface area (Å²) in [6, 6.07) is 10.6. The Bertz CT molecular complexity index is 799. The van der Waals surface area contributed by atoms with Gasteiger partial charge in [0.1, 0.15) is 0 Å². The van der Waals surface area contributed by atoms with Crippen LogP contribution in [0.1, 0.15) is 35.3 Å². The highest BCUT2D eigenvalue weighted by atomic mass is 79.9. The molecule has 5 heteroatoms. The quantitative estimate of drug-likeness (QED) is 0.659. The smallest absolute Gasteiger partial charge is 0.307 e. The van der Waals surface area contributed by atoms with E-state index in [1.807, 2.05) is 0 Å². The minimum atomic E-state index is -0.659. The Labute approximate surface area is 167 Å². The predicted molar refractivity (Wildman–Crippen MR) is 112 cm³/mol. The molecule has 1 atom stereocenters. The number of likely N-dealkylation sites (tertiary alicyclic amines) is 1. The first-order valence-corrected chi connectivity index (χ1v) is 10.7. The van der Waals surface area contributed by atoms with E-state index in [0.29, 0.717) is 6.54 Å². The summed E-state index contributed by atoms with van der Waals surface area (Å²) in [5.41, 5.74) is 3.79. The summed E-state index contributed by atoms with van der Waals surface area (Å²) < 4.78 is 1.13. The lowest BCUT2D eigenvalue weighted by molar-refractivity contribution is -0.143. The number of nitrogens with zero attached hydrogens (tertiary/aromatic N) is 1. The molecule has 3 nitrogen and oxygen atoms in total. The molecule has 1 unspecified atom stereocenters. The SMILES string of the molecule is Cc1ccccc1C(=CCCN1CCCC(C(=O)O)C1)c1sccc1Br. The number of hydrogen-bond donors (Lipinski definition) is 1. The van der Waals surface area contributed by atoms with Crippen molar-refractivity contribution in [2.24, 2.45) is 5.92 Å². The topological polar surface area (TPSA) is 40.5 Å². The zero-order valence-corrected chi connectivity index (χ0v) is 17.4. The van der Waals surface area contributed by atoms with E-state index in [4.69, 9.17) is 0 Å². The summed E-state index contributed by atoms with van der Waals surface area (Å²) in [6.07, 6.45) is 5.00. The van der Waals surface area contributed by atoms with Gasteiger partial charge in [-0.2, -0.15) is 0 Å². The molecule has 1 aliphatic heterocycles. The Balaban J connectivity index is 1.77. The average molecular weight is 434 g/mol. The van der Waals surface area contributed by atoms with Gasteiger partial charge in [0.15, 0.2) is 0 Å². The van der Waals surface area contributed by atoms with Gasteiger partial charge in [0.2, 0.25) is 0 Å². The van der Waals surface area contributed by atoms with Crippen molar-refractivity contribution >= 4 is 38.8 Å². The minimum absolute atomic E-state index is 0.213. The standard InChI is InChI=1S/C21H24BrNO2S/c1-15-6-2-3-8-17(15)18(20-19(22)10-13-26-20)9-5-12-23-11-4-7-16(14-23)21(24)25/h2-3,6,8-10,13,16H,4-5,7,11-12,14H2,1H3,(H,24,25). The summed E-state index contributed by atoms with van der Waals surface area (Å²) in [5, 5.41) is 11.4. The Hall–Kier alpha value is -1.43. The van der Waals surface area contributed by atoms with E-state index in [0.717, 1.165) is 36.8 Å². The molecule has 0 spiro atoms. The molecule has 1 saturated heterocycles. The Morgan fingerprint density at radius 2 is 2.19 bits per heavy atom. The van der Waals surface area contributed by atoms with E-state index in [9.17, 15) is 9.90 Å². The van der Waals surface area contributed by atoms with Crippen LogP contribution in [0.25, 0.3) is 5.57 Å². The monoisotopic (exact) mass is 433 g/mol. The van der Waals surface area contributed by atoms with Gasteiger partial charge in [-0.3, -0.25) is 4.79 Å². The van der Waals surface area contributed by atoms with Gasteiger partial charge in [-0.1, -0.05) is 30.3 Å². The highest BCUT2D eigenvalue weighted by Gasteiger charge is 2.24. The molecule has 0 amide bonds. The van der Waals surface area contributed by atoms with E-state index in [-0.39, 0.29) is 5.92 Å². The highest BCUT2D eigenvalue weighted by molar-refractivity contribution is 9.10. The second kappa shape index (κ2) is 8.98. The fourth-order valence-corrected chi connectivity index (χ4v) is 5.18. The van der Waals surface area contributed by atoms with Crippen LogP contribution in [0.5, 0.6) is 0 Å². The number of piperidine rings is 1. The van der Waals surface area contributed by atoms with Crippen molar-refractivity contribution in [3.63, 3.8) is 0 Å². The third kappa shape index (κ3) is 4.64. The van der Waals surface area contributed by atoms with E-state index in [2.05, 4.69) is 69.5 Å².